The maximum atomic E-state index is 9.64. The maximum Gasteiger partial charge on any atom is 0.140 e. The highest BCUT2D eigenvalue weighted by molar-refractivity contribution is 5.45. The van der Waals surface area contributed by atoms with Crippen molar-refractivity contribution in [2.45, 2.75) is 19.4 Å². The van der Waals surface area contributed by atoms with E-state index in [-0.39, 0.29) is 0 Å². The van der Waals surface area contributed by atoms with Gasteiger partial charge >= 0.3 is 0 Å². The van der Waals surface area contributed by atoms with Crippen molar-refractivity contribution in [1.29, 1.82) is 5.26 Å². The van der Waals surface area contributed by atoms with Crippen LogP contribution < -0.4 is 4.90 Å². The van der Waals surface area contributed by atoms with E-state index < -0.39 is 5.60 Å². The van der Waals surface area contributed by atoms with Gasteiger partial charge in [0.05, 0.1) is 17.5 Å². The van der Waals surface area contributed by atoms with Crippen LogP contribution in [0.5, 0.6) is 0 Å². The van der Waals surface area contributed by atoms with Gasteiger partial charge in [-0.1, -0.05) is 0 Å². The standard InChI is InChI=1S/C11H15N3O/c1-11(2,15)8-14(3)10-5-4-9(6-12)13-7-10/h4-5,7,15H,8H2,1-3H3. The molecule has 0 fully saturated rings. The van der Waals surface area contributed by atoms with E-state index in [4.69, 9.17) is 5.26 Å². The number of aliphatic hydroxyl groups is 1. The molecule has 1 N–H and O–H groups in total. The van der Waals surface area contributed by atoms with Crippen LogP contribution in [0.15, 0.2) is 18.3 Å². The van der Waals surface area contributed by atoms with Crippen LogP contribution in [-0.2, 0) is 0 Å². The highest BCUT2D eigenvalue weighted by atomic mass is 16.3. The van der Waals surface area contributed by atoms with Crippen LogP contribution in [0.1, 0.15) is 19.5 Å². The quantitative estimate of drug-likeness (QED) is 0.804. The summed E-state index contributed by atoms with van der Waals surface area (Å²) in [5, 5.41) is 18.2. The zero-order valence-electron chi connectivity index (χ0n) is 9.23. The summed E-state index contributed by atoms with van der Waals surface area (Å²) >= 11 is 0. The fourth-order valence-corrected chi connectivity index (χ4v) is 1.35. The molecule has 0 saturated carbocycles. The Balaban J connectivity index is 2.75. The molecule has 0 spiro atoms. The minimum Gasteiger partial charge on any atom is -0.389 e. The summed E-state index contributed by atoms with van der Waals surface area (Å²) in [6.07, 6.45) is 1.63. The maximum absolute atomic E-state index is 9.64. The second-order valence-corrected chi connectivity index (χ2v) is 4.18. The molecule has 0 aliphatic heterocycles. The number of rotatable bonds is 3. The Bertz CT molecular complexity index is 359. The van der Waals surface area contributed by atoms with E-state index in [0.717, 1.165) is 5.69 Å². The average molecular weight is 205 g/mol. The zero-order valence-corrected chi connectivity index (χ0v) is 9.23. The fourth-order valence-electron chi connectivity index (χ4n) is 1.35. The molecule has 1 aromatic heterocycles. The highest BCUT2D eigenvalue weighted by Crippen LogP contribution is 2.14. The lowest BCUT2D eigenvalue weighted by atomic mass is 10.1. The number of hydrogen-bond donors (Lipinski definition) is 1. The van der Waals surface area contributed by atoms with Crippen LogP contribution in [0.2, 0.25) is 0 Å². The number of aromatic nitrogens is 1. The molecule has 0 aliphatic rings. The SMILES string of the molecule is CN(CC(C)(C)O)c1ccc(C#N)nc1. The van der Waals surface area contributed by atoms with E-state index in [1.807, 2.05) is 24.1 Å². The van der Waals surface area contributed by atoms with Crippen molar-refractivity contribution in [2.24, 2.45) is 0 Å². The number of hydrogen-bond acceptors (Lipinski definition) is 4. The van der Waals surface area contributed by atoms with Crippen LogP contribution in [0, 0.1) is 11.3 Å². The van der Waals surface area contributed by atoms with Gasteiger partial charge in [0.25, 0.3) is 0 Å². The van der Waals surface area contributed by atoms with E-state index in [1.165, 1.54) is 0 Å². The molecule has 0 unspecified atom stereocenters. The molecule has 0 bridgehead atoms. The average Bonchev–Trinajstić information content (AvgIpc) is 2.15. The van der Waals surface area contributed by atoms with Crippen molar-refractivity contribution in [3.63, 3.8) is 0 Å². The molecule has 15 heavy (non-hydrogen) atoms. The Morgan fingerprint density at radius 3 is 2.60 bits per heavy atom. The van der Waals surface area contributed by atoms with Crippen molar-refractivity contribution >= 4 is 5.69 Å². The van der Waals surface area contributed by atoms with Gasteiger partial charge in [-0.05, 0) is 26.0 Å². The third-order valence-corrected chi connectivity index (χ3v) is 1.93. The van der Waals surface area contributed by atoms with Gasteiger partial charge in [0.2, 0.25) is 0 Å². The normalized spacial score (nSPS) is 10.9. The first kappa shape index (κ1) is 11.5. The smallest absolute Gasteiger partial charge is 0.140 e. The number of likely N-dealkylation sites (N-methyl/N-ethyl adjacent to an activating group) is 1. The Kier molecular flexibility index (Phi) is 3.28. The van der Waals surface area contributed by atoms with Gasteiger partial charge in [-0.15, -0.1) is 0 Å². The summed E-state index contributed by atoms with van der Waals surface area (Å²) in [4.78, 5) is 5.86. The summed E-state index contributed by atoms with van der Waals surface area (Å²) in [5.74, 6) is 0. The molecule has 0 saturated heterocycles. The summed E-state index contributed by atoms with van der Waals surface area (Å²) in [6.45, 7) is 4.02. The minimum absolute atomic E-state index is 0.399. The van der Waals surface area contributed by atoms with Gasteiger partial charge in [0.15, 0.2) is 0 Å². The van der Waals surface area contributed by atoms with Crippen molar-refractivity contribution in [2.75, 3.05) is 18.5 Å². The van der Waals surface area contributed by atoms with Gasteiger partial charge in [-0.25, -0.2) is 4.98 Å². The van der Waals surface area contributed by atoms with Gasteiger partial charge in [-0.2, -0.15) is 5.26 Å². The molecule has 0 amide bonds. The number of nitrogens with zero attached hydrogens (tertiary/aromatic N) is 3. The van der Waals surface area contributed by atoms with Gasteiger partial charge in [-0.3, -0.25) is 0 Å². The van der Waals surface area contributed by atoms with Crippen molar-refractivity contribution < 1.29 is 5.11 Å². The zero-order chi connectivity index (χ0) is 11.5. The molecule has 4 heteroatoms. The molecule has 0 aromatic carbocycles. The topological polar surface area (TPSA) is 60.1 Å². The lowest BCUT2D eigenvalue weighted by Gasteiger charge is -2.26. The van der Waals surface area contributed by atoms with Gasteiger partial charge in [0, 0.05) is 13.6 Å². The van der Waals surface area contributed by atoms with E-state index >= 15 is 0 Å². The number of anilines is 1. The molecule has 4 nitrogen and oxygen atoms in total. The third-order valence-electron chi connectivity index (χ3n) is 1.93. The molecule has 1 rings (SSSR count). The van der Waals surface area contributed by atoms with Crippen molar-refractivity contribution in [3.8, 4) is 6.07 Å². The first-order valence-corrected chi connectivity index (χ1v) is 4.72. The van der Waals surface area contributed by atoms with Crippen LogP contribution in [-0.4, -0.2) is 29.3 Å². The largest absolute Gasteiger partial charge is 0.389 e. The first-order chi connectivity index (χ1) is 6.92. The van der Waals surface area contributed by atoms with Crippen LogP contribution >= 0.6 is 0 Å². The van der Waals surface area contributed by atoms with Crippen LogP contribution in [0.25, 0.3) is 0 Å². The van der Waals surface area contributed by atoms with E-state index in [0.29, 0.717) is 12.2 Å². The van der Waals surface area contributed by atoms with Gasteiger partial charge < -0.3 is 10.0 Å². The van der Waals surface area contributed by atoms with E-state index in [2.05, 4.69) is 4.98 Å². The molecular weight excluding hydrogens is 190 g/mol. The van der Waals surface area contributed by atoms with Crippen molar-refractivity contribution in [1.82, 2.24) is 4.98 Å². The summed E-state index contributed by atoms with van der Waals surface area (Å²) in [6, 6.07) is 5.44. The van der Waals surface area contributed by atoms with E-state index in [1.54, 1.807) is 26.1 Å². The Hall–Kier alpha value is -1.60. The van der Waals surface area contributed by atoms with Crippen LogP contribution in [0.3, 0.4) is 0 Å². The molecule has 1 heterocycles. The Labute approximate surface area is 89.8 Å². The van der Waals surface area contributed by atoms with Gasteiger partial charge in [0.1, 0.15) is 11.8 Å². The first-order valence-electron chi connectivity index (χ1n) is 4.72. The summed E-state index contributed by atoms with van der Waals surface area (Å²) in [5.41, 5.74) is 0.536. The fraction of sp³-hybridized carbons (Fsp3) is 0.455. The van der Waals surface area contributed by atoms with Crippen LogP contribution in [0.4, 0.5) is 5.69 Å². The molecule has 0 atom stereocenters. The molecule has 0 aliphatic carbocycles. The molecule has 1 aromatic rings. The van der Waals surface area contributed by atoms with E-state index in [9.17, 15) is 5.11 Å². The molecular formula is C11H15N3O. The molecule has 80 valence electrons. The lowest BCUT2D eigenvalue weighted by Crippen LogP contribution is -2.36. The predicted octanol–water partition coefficient (Wildman–Crippen LogP) is 1.16. The second kappa shape index (κ2) is 4.28. The summed E-state index contributed by atoms with van der Waals surface area (Å²) < 4.78 is 0. The van der Waals surface area contributed by atoms with Crippen molar-refractivity contribution in [3.05, 3.63) is 24.0 Å². The number of nitriles is 1. The Morgan fingerprint density at radius 2 is 2.20 bits per heavy atom. The summed E-state index contributed by atoms with van der Waals surface area (Å²) in [7, 11) is 1.88. The minimum atomic E-state index is -0.747. The Morgan fingerprint density at radius 1 is 1.53 bits per heavy atom. The second-order valence-electron chi connectivity index (χ2n) is 4.18. The molecule has 0 radical (unpaired) electrons. The third kappa shape index (κ3) is 3.56. The monoisotopic (exact) mass is 205 g/mol. The lowest BCUT2D eigenvalue weighted by molar-refractivity contribution is 0.0886. The highest BCUT2D eigenvalue weighted by Gasteiger charge is 2.15. The number of pyridine rings is 1. The predicted molar refractivity (Wildman–Crippen MR) is 58.5 cm³/mol.